The minimum Gasteiger partial charge on any atom is -0.488 e. The third-order valence-corrected chi connectivity index (χ3v) is 3.92. The lowest BCUT2D eigenvalue weighted by atomic mass is 10.2. The van der Waals surface area contributed by atoms with E-state index in [0.29, 0.717) is 12.4 Å². The van der Waals surface area contributed by atoms with E-state index < -0.39 is 6.09 Å². The summed E-state index contributed by atoms with van der Waals surface area (Å²) in [6, 6.07) is 9.48. The summed E-state index contributed by atoms with van der Waals surface area (Å²) in [6.45, 7) is 1.33. The number of hydrogen-bond acceptors (Lipinski definition) is 5. The van der Waals surface area contributed by atoms with Gasteiger partial charge in [-0.05, 0) is 30.3 Å². The van der Waals surface area contributed by atoms with Crippen LogP contribution in [0.5, 0.6) is 11.5 Å². The van der Waals surface area contributed by atoms with Crippen LogP contribution in [0.4, 0.5) is 10.5 Å². The number of ether oxygens (including phenoxy) is 2. The topological polar surface area (TPSA) is 68.6 Å². The lowest BCUT2D eigenvalue weighted by Crippen LogP contribution is -2.36. The Morgan fingerprint density at radius 3 is 3.12 bits per heavy atom. The smallest absolute Gasteiger partial charge is 0.412 e. The average molecular weight is 324 g/mol. The van der Waals surface area contributed by atoms with E-state index in [0.717, 1.165) is 28.9 Å². The highest BCUT2D eigenvalue weighted by Crippen LogP contribution is 2.32. The number of nitrogens with zero attached hydrogens (tertiary/aromatic N) is 3. The molecular weight excluding hydrogens is 308 g/mol. The molecule has 122 valence electrons. The molecule has 1 N–H and O–H groups in total. The highest BCUT2D eigenvalue weighted by Gasteiger charge is 2.20. The Kier molecular flexibility index (Phi) is 3.45. The molecule has 7 nitrogen and oxygen atoms in total. The third-order valence-electron chi connectivity index (χ3n) is 3.92. The predicted octanol–water partition coefficient (Wildman–Crippen LogP) is 2.42. The zero-order chi connectivity index (χ0) is 16.5. The first-order valence-electron chi connectivity index (χ1n) is 7.61. The summed E-state index contributed by atoms with van der Waals surface area (Å²) < 4.78 is 12.9. The fourth-order valence-corrected chi connectivity index (χ4v) is 2.82. The molecule has 0 fully saturated rings. The highest BCUT2D eigenvalue weighted by molar-refractivity contribution is 5.84. The Labute approximate surface area is 138 Å². The third kappa shape index (κ3) is 2.40. The second-order valence-electron chi connectivity index (χ2n) is 5.34. The Hall–Kier alpha value is -3.22. The van der Waals surface area contributed by atoms with Gasteiger partial charge in [-0.25, -0.2) is 4.79 Å². The van der Waals surface area contributed by atoms with Gasteiger partial charge in [-0.3, -0.25) is 14.7 Å². The summed E-state index contributed by atoms with van der Waals surface area (Å²) in [5, 5.41) is 5.56. The number of aromatic nitrogens is 2. The van der Waals surface area contributed by atoms with Gasteiger partial charge in [-0.1, -0.05) is 0 Å². The minimum absolute atomic E-state index is 0.483. The van der Waals surface area contributed by atoms with Crippen molar-refractivity contribution in [3.8, 4) is 11.5 Å². The van der Waals surface area contributed by atoms with Gasteiger partial charge < -0.3 is 14.8 Å². The Balaban J connectivity index is 1.72. The van der Waals surface area contributed by atoms with Crippen LogP contribution < -0.4 is 19.8 Å². The van der Waals surface area contributed by atoms with Crippen LogP contribution in [0.15, 0.2) is 48.9 Å². The van der Waals surface area contributed by atoms with Crippen molar-refractivity contribution in [1.82, 2.24) is 15.0 Å². The predicted molar refractivity (Wildman–Crippen MR) is 89.5 cm³/mol. The summed E-state index contributed by atoms with van der Waals surface area (Å²) in [4.78, 5) is 15.4. The molecule has 3 aromatic rings. The molecule has 1 aromatic carbocycles. The fourth-order valence-electron chi connectivity index (χ4n) is 2.82. The van der Waals surface area contributed by atoms with Crippen LogP contribution >= 0.6 is 0 Å². The quantitative estimate of drug-likeness (QED) is 0.784. The largest absolute Gasteiger partial charge is 0.488 e. The van der Waals surface area contributed by atoms with Crippen LogP contribution in [0.3, 0.4) is 0 Å². The van der Waals surface area contributed by atoms with Gasteiger partial charge in [0.15, 0.2) is 5.75 Å². The normalized spacial score (nSPS) is 13.3. The molecule has 0 aliphatic carbocycles. The van der Waals surface area contributed by atoms with Crippen molar-refractivity contribution < 1.29 is 14.3 Å². The standard InChI is InChI=1S/C17H16N4O3/c1-18-17(22)24-13-2-3-14-12(10-13)5-7-20(14)21-8-9-23-16-11-19-6-4-15(16)21/h2-7,10-11H,8-9H2,1H3,(H,18,22). The number of amides is 1. The summed E-state index contributed by atoms with van der Waals surface area (Å²) in [7, 11) is 1.53. The van der Waals surface area contributed by atoms with Gasteiger partial charge in [0.2, 0.25) is 0 Å². The van der Waals surface area contributed by atoms with E-state index in [4.69, 9.17) is 9.47 Å². The van der Waals surface area contributed by atoms with Gasteiger partial charge in [0.25, 0.3) is 0 Å². The zero-order valence-electron chi connectivity index (χ0n) is 13.1. The number of pyridine rings is 1. The summed E-state index contributed by atoms with van der Waals surface area (Å²) in [6.07, 6.45) is 4.98. The molecule has 0 saturated heterocycles. The number of carbonyl (C=O) groups is 1. The Morgan fingerprint density at radius 1 is 1.33 bits per heavy atom. The molecule has 0 radical (unpaired) electrons. The fraction of sp³-hybridized carbons (Fsp3) is 0.176. The number of rotatable bonds is 2. The van der Waals surface area contributed by atoms with Crippen molar-refractivity contribution in [3.05, 3.63) is 48.9 Å². The van der Waals surface area contributed by atoms with Crippen molar-refractivity contribution in [2.75, 3.05) is 25.2 Å². The van der Waals surface area contributed by atoms with Crippen LogP contribution in [0, 0.1) is 0 Å². The van der Waals surface area contributed by atoms with Crippen molar-refractivity contribution >= 4 is 22.7 Å². The van der Waals surface area contributed by atoms with E-state index in [1.807, 2.05) is 30.5 Å². The molecule has 3 heterocycles. The Morgan fingerprint density at radius 2 is 2.25 bits per heavy atom. The highest BCUT2D eigenvalue weighted by atomic mass is 16.5. The maximum atomic E-state index is 11.3. The SMILES string of the molecule is CNC(=O)Oc1ccc2c(ccn2N2CCOc3cnccc32)c1. The molecule has 2 aromatic heterocycles. The van der Waals surface area contributed by atoms with Crippen molar-refractivity contribution in [3.63, 3.8) is 0 Å². The monoisotopic (exact) mass is 324 g/mol. The van der Waals surface area contributed by atoms with Gasteiger partial charge in [-0.2, -0.15) is 0 Å². The number of benzene rings is 1. The maximum absolute atomic E-state index is 11.3. The minimum atomic E-state index is -0.483. The van der Waals surface area contributed by atoms with Crippen LogP contribution in [-0.4, -0.2) is 36.0 Å². The zero-order valence-corrected chi connectivity index (χ0v) is 13.1. The Bertz CT molecular complexity index is 906. The van der Waals surface area contributed by atoms with Crippen LogP contribution in [0.1, 0.15) is 0 Å². The number of fused-ring (bicyclic) bond motifs is 2. The first kappa shape index (κ1) is 14.4. The van der Waals surface area contributed by atoms with Gasteiger partial charge in [0.1, 0.15) is 18.0 Å². The first-order chi connectivity index (χ1) is 11.8. The summed E-state index contributed by atoms with van der Waals surface area (Å²) in [5.74, 6) is 1.27. The summed E-state index contributed by atoms with van der Waals surface area (Å²) >= 11 is 0. The molecule has 1 aliphatic rings. The van der Waals surface area contributed by atoms with Crippen molar-refractivity contribution in [2.24, 2.45) is 0 Å². The van der Waals surface area contributed by atoms with Gasteiger partial charge in [0, 0.05) is 24.8 Å². The molecule has 24 heavy (non-hydrogen) atoms. The van der Waals surface area contributed by atoms with Crippen LogP contribution in [0.2, 0.25) is 0 Å². The molecule has 0 bridgehead atoms. The van der Waals surface area contributed by atoms with Gasteiger partial charge in [0.05, 0.1) is 18.3 Å². The molecule has 4 rings (SSSR count). The molecule has 0 unspecified atom stereocenters. The van der Waals surface area contributed by atoms with E-state index in [9.17, 15) is 4.79 Å². The molecule has 1 aliphatic heterocycles. The molecule has 0 spiro atoms. The van der Waals surface area contributed by atoms with E-state index in [1.54, 1.807) is 18.5 Å². The number of hydrogen-bond donors (Lipinski definition) is 1. The number of nitrogens with one attached hydrogen (secondary N) is 1. The average Bonchev–Trinajstić information content (AvgIpc) is 3.04. The van der Waals surface area contributed by atoms with E-state index in [1.165, 1.54) is 7.05 Å². The number of anilines is 1. The molecular formula is C17H16N4O3. The number of carbonyl (C=O) groups excluding carboxylic acids is 1. The van der Waals surface area contributed by atoms with Crippen molar-refractivity contribution in [1.29, 1.82) is 0 Å². The lowest BCUT2D eigenvalue weighted by Gasteiger charge is -2.32. The summed E-state index contributed by atoms with van der Waals surface area (Å²) in [5.41, 5.74) is 1.99. The molecule has 7 heteroatoms. The second kappa shape index (κ2) is 5.77. The lowest BCUT2D eigenvalue weighted by molar-refractivity contribution is 0.203. The van der Waals surface area contributed by atoms with Crippen LogP contribution in [-0.2, 0) is 0 Å². The first-order valence-corrected chi connectivity index (χ1v) is 7.61. The van der Waals surface area contributed by atoms with Gasteiger partial charge >= 0.3 is 6.09 Å². The van der Waals surface area contributed by atoms with E-state index in [2.05, 4.69) is 20.0 Å². The van der Waals surface area contributed by atoms with Crippen LogP contribution in [0.25, 0.3) is 10.9 Å². The molecule has 1 amide bonds. The second-order valence-corrected chi connectivity index (χ2v) is 5.34. The molecule has 0 atom stereocenters. The van der Waals surface area contributed by atoms with E-state index >= 15 is 0 Å². The van der Waals surface area contributed by atoms with Gasteiger partial charge in [-0.15, -0.1) is 0 Å². The molecule has 0 saturated carbocycles. The van der Waals surface area contributed by atoms with E-state index in [-0.39, 0.29) is 0 Å². The van der Waals surface area contributed by atoms with Crippen molar-refractivity contribution in [2.45, 2.75) is 0 Å². The maximum Gasteiger partial charge on any atom is 0.412 e.